The predicted molar refractivity (Wildman–Crippen MR) is 108 cm³/mol. The number of carbonyl (C=O) groups excluding carboxylic acids is 1. The van der Waals surface area contributed by atoms with E-state index in [4.69, 9.17) is 27.9 Å². The quantitative estimate of drug-likeness (QED) is 0.770. The predicted octanol–water partition coefficient (Wildman–Crippen LogP) is 4.27. The first-order valence-electron chi connectivity index (χ1n) is 8.76. The lowest BCUT2D eigenvalue weighted by molar-refractivity contribution is 0.0888. The molecule has 2 atom stereocenters. The molecule has 0 saturated carbocycles. The maximum atomic E-state index is 12.7. The van der Waals surface area contributed by atoms with E-state index in [0.29, 0.717) is 34.3 Å². The molecule has 1 saturated heterocycles. The Morgan fingerprint density at radius 2 is 1.86 bits per heavy atom. The normalized spacial score (nSPS) is 19.2. The van der Waals surface area contributed by atoms with Crippen LogP contribution in [0.1, 0.15) is 28.3 Å². The van der Waals surface area contributed by atoms with Crippen molar-refractivity contribution in [1.82, 2.24) is 10.2 Å². The Bertz CT molecular complexity index is 873. The topological polar surface area (TPSA) is 78.9 Å². The molecule has 1 fully saturated rings. The summed E-state index contributed by atoms with van der Waals surface area (Å²) in [6, 6.07) is 11.8. The van der Waals surface area contributed by atoms with Gasteiger partial charge in [-0.25, -0.2) is 4.79 Å². The number of halogens is 2. The fraction of sp³-hybridized carbons (Fsp3) is 0.300. The Morgan fingerprint density at radius 1 is 1.14 bits per heavy atom. The van der Waals surface area contributed by atoms with Gasteiger partial charge in [-0.15, -0.1) is 0 Å². The fourth-order valence-electron chi connectivity index (χ4n) is 3.37. The zero-order chi connectivity index (χ0) is 20.3. The van der Waals surface area contributed by atoms with Crippen LogP contribution >= 0.6 is 23.2 Å². The van der Waals surface area contributed by atoms with Gasteiger partial charge in [-0.2, -0.15) is 0 Å². The van der Waals surface area contributed by atoms with E-state index < -0.39 is 6.09 Å². The molecular weight excluding hydrogens is 403 g/mol. The van der Waals surface area contributed by atoms with Crippen LogP contribution in [-0.4, -0.2) is 48.2 Å². The van der Waals surface area contributed by atoms with Crippen LogP contribution < -0.4 is 10.1 Å². The number of carboxylic acid groups (broad SMARTS) is 1. The molecular formula is C20H20Cl2N2O4. The van der Waals surface area contributed by atoms with Crippen LogP contribution in [0.15, 0.2) is 42.5 Å². The van der Waals surface area contributed by atoms with E-state index in [1.54, 1.807) is 43.5 Å². The second-order valence-electron chi connectivity index (χ2n) is 6.61. The summed E-state index contributed by atoms with van der Waals surface area (Å²) >= 11 is 12.2. The molecule has 0 radical (unpaired) electrons. The molecule has 2 unspecified atom stereocenters. The van der Waals surface area contributed by atoms with Crippen molar-refractivity contribution in [3.63, 3.8) is 0 Å². The molecule has 148 valence electrons. The van der Waals surface area contributed by atoms with Crippen molar-refractivity contribution in [3.05, 3.63) is 63.6 Å². The Hall–Kier alpha value is -2.44. The molecule has 0 bridgehead atoms. The molecule has 0 spiro atoms. The van der Waals surface area contributed by atoms with Crippen molar-refractivity contribution in [1.29, 1.82) is 0 Å². The number of piperidine rings is 1. The van der Waals surface area contributed by atoms with Crippen molar-refractivity contribution in [2.24, 2.45) is 0 Å². The zero-order valence-electron chi connectivity index (χ0n) is 15.2. The van der Waals surface area contributed by atoms with Gasteiger partial charge in [-0.3, -0.25) is 4.79 Å². The van der Waals surface area contributed by atoms with Crippen molar-refractivity contribution in [3.8, 4) is 5.75 Å². The van der Waals surface area contributed by atoms with Crippen LogP contribution in [0.4, 0.5) is 4.79 Å². The van der Waals surface area contributed by atoms with Crippen LogP contribution in [0.25, 0.3) is 0 Å². The molecule has 2 N–H and O–H groups in total. The number of hydrogen-bond donors (Lipinski definition) is 2. The number of carbonyl (C=O) groups is 2. The summed E-state index contributed by atoms with van der Waals surface area (Å²) in [6.45, 7) is 0.613. The second kappa shape index (κ2) is 8.71. The highest BCUT2D eigenvalue weighted by Gasteiger charge is 2.34. The van der Waals surface area contributed by atoms with Crippen LogP contribution in [0.3, 0.4) is 0 Å². The lowest BCUT2D eigenvalue weighted by atomic mass is 9.86. The van der Waals surface area contributed by atoms with E-state index >= 15 is 0 Å². The monoisotopic (exact) mass is 422 g/mol. The number of ether oxygens (including phenoxy) is 1. The van der Waals surface area contributed by atoms with E-state index in [1.807, 2.05) is 6.07 Å². The standard InChI is InChI=1S/C20H20Cl2N2O4/c1-28-14-5-2-12(3-6-14)19(25)23-18-8-9-24(20(26)27)11-15(18)13-4-7-16(21)17(22)10-13/h2-7,10,15,18H,8-9,11H2,1H3,(H,23,25)(H,26,27). The number of nitrogens with one attached hydrogen (secondary N) is 1. The van der Waals surface area contributed by atoms with Crippen LogP contribution in [-0.2, 0) is 0 Å². The minimum atomic E-state index is -0.981. The maximum Gasteiger partial charge on any atom is 0.407 e. The van der Waals surface area contributed by atoms with E-state index in [-0.39, 0.29) is 24.4 Å². The van der Waals surface area contributed by atoms with Gasteiger partial charge < -0.3 is 20.1 Å². The number of rotatable bonds is 4. The molecule has 2 amide bonds. The minimum Gasteiger partial charge on any atom is -0.497 e. The highest BCUT2D eigenvalue weighted by Crippen LogP contribution is 2.32. The first-order chi connectivity index (χ1) is 13.4. The molecule has 1 heterocycles. The van der Waals surface area contributed by atoms with Crippen molar-refractivity contribution in [2.75, 3.05) is 20.2 Å². The SMILES string of the molecule is COc1ccc(C(=O)NC2CCN(C(=O)O)CC2c2ccc(Cl)c(Cl)c2)cc1. The van der Waals surface area contributed by atoms with Gasteiger partial charge in [0.15, 0.2) is 0 Å². The number of methoxy groups -OCH3 is 1. The van der Waals surface area contributed by atoms with Crippen molar-refractivity contribution in [2.45, 2.75) is 18.4 Å². The molecule has 8 heteroatoms. The lowest BCUT2D eigenvalue weighted by Gasteiger charge is -2.38. The molecule has 2 aromatic carbocycles. The fourth-order valence-corrected chi connectivity index (χ4v) is 3.68. The summed E-state index contributed by atoms with van der Waals surface area (Å²) in [5.74, 6) is 0.211. The number of amides is 2. The maximum absolute atomic E-state index is 12.7. The summed E-state index contributed by atoms with van der Waals surface area (Å²) < 4.78 is 5.11. The molecule has 2 aromatic rings. The molecule has 1 aliphatic rings. The van der Waals surface area contributed by atoms with Crippen LogP contribution in [0, 0.1) is 0 Å². The number of hydrogen-bond acceptors (Lipinski definition) is 3. The zero-order valence-corrected chi connectivity index (χ0v) is 16.7. The molecule has 3 rings (SSSR count). The summed E-state index contributed by atoms with van der Waals surface area (Å²) in [7, 11) is 1.56. The largest absolute Gasteiger partial charge is 0.497 e. The van der Waals surface area contributed by atoms with Crippen LogP contribution in [0.5, 0.6) is 5.75 Å². The molecule has 0 aliphatic carbocycles. The molecule has 6 nitrogen and oxygen atoms in total. The van der Waals surface area contributed by atoms with E-state index in [0.717, 1.165) is 5.56 Å². The first kappa shape index (κ1) is 20.3. The molecule has 28 heavy (non-hydrogen) atoms. The number of benzene rings is 2. The summed E-state index contributed by atoms with van der Waals surface area (Å²) in [5, 5.41) is 13.2. The highest BCUT2D eigenvalue weighted by molar-refractivity contribution is 6.42. The summed E-state index contributed by atoms with van der Waals surface area (Å²) in [6.07, 6.45) is -0.482. The van der Waals surface area contributed by atoms with Gasteiger partial charge in [0, 0.05) is 30.6 Å². The average Bonchev–Trinajstić information content (AvgIpc) is 2.70. The Labute approximate surface area is 173 Å². The molecule has 1 aliphatic heterocycles. The molecule has 0 aromatic heterocycles. The van der Waals surface area contributed by atoms with Crippen LogP contribution in [0.2, 0.25) is 10.0 Å². The highest BCUT2D eigenvalue weighted by atomic mass is 35.5. The van der Waals surface area contributed by atoms with Gasteiger partial charge in [0.2, 0.25) is 0 Å². The smallest absolute Gasteiger partial charge is 0.407 e. The third kappa shape index (κ3) is 4.51. The van der Waals surface area contributed by atoms with Gasteiger partial charge in [0.25, 0.3) is 5.91 Å². The Morgan fingerprint density at radius 3 is 2.46 bits per heavy atom. The Kier molecular flexibility index (Phi) is 6.31. The van der Waals surface area contributed by atoms with Crippen molar-refractivity contribution >= 4 is 35.2 Å². The third-order valence-electron chi connectivity index (χ3n) is 4.92. The van der Waals surface area contributed by atoms with Gasteiger partial charge in [0.05, 0.1) is 17.2 Å². The number of likely N-dealkylation sites (tertiary alicyclic amines) is 1. The first-order valence-corrected chi connectivity index (χ1v) is 9.52. The van der Waals surface area contributed by atoms with E-state index in [9.17, 15) is 14.7 Å². The Balaban J connectivity index is 1.82. The van der Waals surface area contributed by atoms with Gasteiger partial charge in [-0.1, -0.05) is 29.3 Å². The minimum absolute atomic E-state index is 0.221. The van der Waals surface area contributed by atoms with E-state index in [1.165, 1.54) is 4.90 Å². The lowest BCUT2D eigenvalue weighted by Crippen LogP contribution is -2.51. The van der Waals surface area contributed by atoms with E-state index in [2.05, 4.69) is 5.32 Å². The number of nitrogens with zero attached hydrogens (tertiary/aromatic N) is 1. The third-order valence-corrected chi connectivity index (χ3v) is 5.66. The second-order valence-corrected chi connectivity index (χ2v) is 7.42. The average molecular weight is 423 g/mol. The van der Waals surface area contributed by atoms with Gasteiger partial charge in [-0.05, 0) is 48.4 Å². The van der Waals surface area contributed by atoms with Gasteiger partial charge >= 0.3 is 6.09 Å². The summed E-state index contributed by atoms with van der Waals surface area (Å²) in [4.78, 5) is 25.5. The van der Waals surface area contributed by atoms with Crippen molar-refractivity contribution < 1.29 is 19.4 Å². The van der Waals surface area contributed by atoms with Gasteiger partial charge in [0.1, 0.15) is 5.75 Å². The summed E-state index contributed by atoms with van der Waals surface area (Å²) in [5.41, 5.74) is 1.34.